The maximum Gasteiger partial charge on any atom is 0.416 e. The molecular weight excluding hydrogens is 355 g/mol. The lowest BCUT2D eigenvalue weighted by Crippen LogP contribution is -2.21. The van der Waals surface area contributed by atoms with Crippen LogP contribution in [0.1, 0.15) is 22.3 Å². The maximum absolute atomic E-state index is 12.7. The van der Waals surface area contributed by atoms with Crippen LogP contribution in [0.5, 0.6) is 5.75 Å². The molecule has 0 saturated heterocycles. The number of ether oxygens (including phenoxy) is 1. The second-order valence-electron chi connectivity index (χ2n) is 5.76. The summed E-state index contributed by atoms with van der Waals surface area (Å²) in [4.78, 5) is 12.0. The fourth-order valence-corrected chi connectivity index (χ4v) is 2.68. The van der Waals surface area contributed by atoms with E-state index in [1.165, 1.54) is 0 Å². The van der Waals surface area contributed by atoms with Crippen LogP contribution >= 0.6 is 11.6 Å². The lowest BCUT2D eigenvalue weighted by Gasteiger charge is -2.14. The van der Waals surface area contributed by atoms with Gasteiger partial charge < -0.3 is 10.1 Å². The smallest absolute Gasteiger partial charge is 0.416 e. The Kier molecular flexibility index (Phi) is 5.62. The zero-order valence-electron chi connectivity index (χ0n) is 13.9. The van der Waals surface area contributed by atoms with E-state index in [9.17, 15) is 18.0 Å². The minimum atomic E-state index is -4.52. The Morgan fingerprint density at radius 1 is 1.12 bits per heavy atom. The number of carbonyl (C=O) groups excluding carboxylic acids is 1. The molecule has 0 spiro atoms. The summed E-state index contributed by atoms with van der Waals surface area (Å²) in [5, 5.41) is 2.37. The van der Waals surface area contributed by atoms with Crippen molar-refractivity contribution in [3.05, 3.63) is 57.6 Å². The Morgan fingerprint density at radius 2 is 1.72 bits per heavy atom. The molecule has 0 aromatic heterocycles. The van der Waals surface area contributed by atoms with Gasteiger partial charge in [0.05, 0.1) is 16.3 Å². The number of amides is 1. The maximum atomic E-state index is 12.7. The van der Waals surface area contributed by atoms with E-state index < -0.39 is 17.6 Å². The fraction of sp³-hybridized carbons (Fsp3) is 0.278. The molecule has 0 saturated carbocycles. The van der Waals surface area contributed by atoms with Crippen molar-refractivity contribution >= 4 is 23.2 Å². The summed E-state index contributed by atoms with van der Waals surface area (Å²) >= 11 is 5.85. The summed E-state index contributed by atoms with van der Waals surface area (Å²) in [7, 11) is 0. The van der Waals surface area contributed by atoms with Gasteiger partial charge in [0.15, 0.2) is 6.61 Å². The summed E-state index contributed by atoms with van der Waals surface area (Å²) < 4.78 is 43.8. The second kappa shape index (κ2) is 7.35. The van der Waals surface area contributed by atoms with Crippen LogP contribution in [0.3, 0.4) is 0 Å². The van der Waals surface area contributed by atoms with Crippen LogP contribution in [-0.2, 0) is 11.0 Å². The van der Waals surface area contributed by atoms with Crippen molar-refractivity contribution in [3.63, 3.8) is 0 Å². The van der Waals surface area contributed by atoms with Gasteiger partial charge in [0, 0.05) is 0 Å². The highest BCUT2D eigenvalue weighted by atomic mass is 35.5. The van der Waals surface area contributed by atoms with Crippen molar-refractivity contribution in [2.24, 2.45) is 0 Å². The zero-order valence-corrected chi connectivity index (χ0v) is 14.7. The van der Waals surface area contributed by atoms with Gasteiger partial charge >= 0.3 is 6.18 Å². The Bertz CT molecular complexity index is 780. The van der Waals surface area contributed by atoms with E-state index in [2.05, 4.69) is 5.32 Å². The summed E-state index contributed by atoms with van der Waals surface area (Å²) in [5.74, 6) is -0.0171. The first-order valence-corrected chi connectivity index (χ1v) is 7.83. The van der Waals surface area contributed by atoms with Gasteiger partial charge in [-0.3, -0.25) is 4.79 Å². The highest BCUT2D eigenvalue weighted by molar-refractivity contribution is 6.33. The van der Waals surface area contributed by atoms with E-state index in [-0.39, 0.29) is 17.3 Å². The molecule has 0 heterocycles. The molecule has 1 N–H and O–H groups in total. The normalized spacial score (nSPS) is 11.3. The predicted octanol–water partition coefficient (Wildman–Crippen LogP) is 5.30. The number of alkyl halides is 3. The summed E-state index contributed by atoms with van der Waals surface area (Å²) in [5.41, 5.74) is 1.83. The molecule has 0 atom stereocenters. The molecule has 0 aliphatic carbocycles. The highest BCUT2D eigenvalue weighted by Gasteiger charge is 2.31. The SMILES string of the molecule is Cc1cc(C)c(OCC(=O)Nc2cc(C(F)(F)F)ccc2Cl)c(C)c1. The predicted molar refractivity (Wildman–Crippen MR) is 91.2 cm³/mol. The molecule has 2 aromatic rings. The monoisotopic (exact) mass is 371 g/mol. The molecule has 0 bridgehead atoms. The van der Waals surface area contributed by atoms with Crippen LogP contribution in [0.4, 0.5) is 18.9 Å². The number of benzene rings is 2. The number of anilines is 1. The molecular formula is C18H17ClF3NO2. The first kappa shape index (κ1) is 19.1. The molecule has 2 aromatic carbocycles. The van der Waals surface area contributed by atoms with Crippen LogP contribution in [0.15, 0.2) is 30.3 Å². The van der Waals surface area contributed by atoms with Crippen molar-refractivity contribution in [2.45, 2.75) is 26.9 Å². The highest BCUT2D eigenvalue weighted by Crippen LogP contribution is 2.33. The van der Waals surface area contributed by atoms with Crippen LogP contribution < -0.4 is 10.1 Å². The van der Waals surface area contributed by atoms with E-state index in [1.807, 2.05) is 32.9 Å². The van der Waals surface area contributed by atoms with Crippen LogP contribution in [0.2, 0.25) is 5.02 Å². The van der Waals surface area contributed by atoms with E-state index in [0.29, 0.717) is 5.75 Å². The first-order chi connectivity index (χ1) is 11.6. The lowest BCUT2D eigenvalue weighted by molar-refractivity contribution is -0.137. The van der Waals surface area contributed by atoms with Gasteiger partial charge in [-0.2, -0.15) is 13.2 Å². The lowest BCUT2D eigenvalue weighted by atomic mass is 10.1. The summed E-state index contributed by atoms with van der Waals surface area (Å²) in [6.07, 6.45) is -4.52. The van der Waals surface area contributed by atoms with Crippen LogP contribution in [0.25, 0.3) is 0 Å². The minimum Gasteiger partial charge on any atom is -0.483 e. The van der Waals surface area contributed by atoms with Crippen LogP contribution in [-0.4, -0.2) is 12.5 Å². The topological polar surface area (TPSA) is 38.3 Å². The van der Waals surface area contributed by atoms with Crippen molar-refractivity contribution in [1.82, 2.24) is 0 Å². The van der Waals surface area contributed by atoms with E-state index in [1.54, 1.807) is 0 Å². The van der Waals surface area contributed by atoms with Crippen molar-refractivity contribution < 1.29 is 22.7 Å². The molecule has 0 fully saturated rings. The molecule has 7 heteroatoms. The number of nitrogens with one attached hydrogen (secondary N) is 1. The van der Waals surface area contributed by atoms with Crippen LogP contribution in [0, 0.1) is 20.8 Å². The van der Waals surface area contributed by atoms with Crippen molar-refractivity contribution in [3.8, 4) is 5.75 Å². The van der Waals surface area contributed by atoms with E-state index in [4.69, 9.17) is 16.3 Å². The van der Waals surface area contributed by atoms with Gasteiger partial charge in [0.25, 0.3) is 5.91 Å². The Morgan fingerprint density at radius 3 is 2.28 bits per heavy atom. The molecule has 3 nitrogen and oxygen atoms in total. The molecule has 0 aliphatic rings. The number of rotatable bonds is 4. The number of hydrogen-bond donors (Lipinski definition) is 1. The average molecular weight is 372 g/mol. The second-order valence-corrected chi connectivity index (χ2v) is 6.16. The summed E-state index contributed by atoms with van der Waals surface area (Å²) in [6.45, 7) is 5.33. The number of hydrogen-bond acceptors (Lipinski definition) is 2. The Balaban J connectivity index is 2.09. The fourth-order valence-electron chi connectivity index (χ4n) is 2.52. The average Bonchev–Trinajstić information content (AvgIpc) is 2.47. The number of carbonyl (C=O) groups is 1. The van der Waals surface area contributed by atoms with Crippen molar-refractivity contribution in [1.29, 1.82) is 0 Å². The van der Waals surface area contributed by atoms with Gasteiger partial charge in [-0.05, 0) is 50.1 Å². The van der Waals surface area contributed by atoms with Gasteiger partial charge in [-0.25, -0.2) is 0 Å². The van der Waals surface area contributed by atoms with E-state index in [0.717, 1.165) is 34.9 Å². The zero-order chi connectivity index (χ0) is 18.8. The molecule has 0 aliphatic heterocycles. The molecule has 134 valence electrons. The van der Waals surface area contributed by atoms with E-state index >= 15 is 0 Å². The third-order valence-corrected chi connectivity index (χ3v) is 3.85. The van der Waals surface area contributed by atoms with Gasteiger partial charge in [0.2, 0.25) is 0 Å². The van der Waals surface area contributed by atoms with Crippen molar-refractivity contribution in [2.75, 3.05) is 11.9 Å². The summed E-state index contributed by atoms with van der Waals surface area (Å²) in [6, 6.07) is 6.58. The third-order valence-electron chi connectivity index (χ3n) is 3.52. The third kappa shape index (κ3) is 4.89. The largest absolute Gasteiger partial charge is 0.483 e. The minimum absolute atomic E-state index is 0.0176. The van der Waals surface area contributed by atoms with Gasteiger partial charge in [0.1, 0.15) is 5.75 Å². The Labute approximate surface area is 148 Å². The Hall–Kier alpha value is -2.21. The molecule has 0 radical (unpaired) electrons. The number of aryl methyl sites for hydroxylation is 3. The quantitative estimate of drug-likeness (QED) is 0.791. The van der Waals surface area contributed by atoms with Gasteiger partial charge in [-0.1, -0.05) is 29.3 Å². The molecule has 2 rings (SSSR count). The molecule has 25 heavy (non-hydrogen) atoms. The first-order valence-electron chi connectivity index (χ1n) is 7.45. The van der Waals surface area contributed by atoms with Gasteiger partial charge in [-0.15, -0.1) is 0 Å². The molecule has 0 unspecified atom stereocenters. The molecule has 1 amide bonds. The number of halogens is 4. The standard InChI is InChI=1S/C18H17ClF3NO2/c1-10-6-11(2)17(12(3)7-10)25-9-16(24)23-15-8-13(18(20,21)22)4-5-14(15)19/h4-8H,9H2,1-3H3,(H,23,24).